The standard InChI is InChI=1S/C18H17N/c1-15-6-10-17(11-7-15)18-12-8-16(9-13-18)5-3-2-4-14-19/h8-9,12-13,15,17H,6-7,10-11H2,1H3. The van der Waals surface area contributed by atoms with Crippen molar-refractivity contribution >= 4 is 0 Å². The smallest absolute Gasteiger partial charge is 0.153 e. The second-order valence-corrected chi connectivity index (χ2v) is 5.19. The van der Waals surface area contributed by atoms with Crippen LogP contribution < -0.4 is 0 Å². The molecule has 0 bridgehead atoms. The van der Waals surface area contributed by atoms with E-state index in [1.807, 2.05) is 0 Å². The van der Waals surface area contributed by atoms with E-state index in [-0.39, 0.29) is 0 Å². The lowest BCUT2D eigenvalue weighted by Crippen LogP contribution is -2.10. The molecule has 0 unspecified atom stereocenters. The maximum absolute atomic E-state index is 8.27. The molecule has 19 heavy (non-hydrogen) atoms. The predicted octanol–water partition coefficient (Wildman–Crippen LogP) is 3.86. The Morgan fingerprint density at radius 3 is 2.26 bits per heavy atom. The zero-order valence-corrected chi connectivity index (χ0v) is 11.2. The van der Waals surface area contributed by atoms with E-state index >= 15 is 0 Å². The summed E-state index contributed by atoms with van der Waals surface area (Å²) < 4.78 is 0. The molecule has 0 amide bonds. The van der Waals surface area contributed by atoms with Crippen molar-refractivity contribution in [3.8, 4) is 29.8 Å². The highest BCUT2D eigenvalue weighted by atomic mass is 14.2. The van der Waals surface area contributed by atoms with E-state index in [1.54, 1.807) is 6.07 Å². The first-order valence-corrected chi connectivity index (χ1v) is 6.79. The summed E-state index contributed by atoms with van der Waals surface area (Å²) in [6, 6.07) is 10.2. The van der Waals surface area contributed by atoms with Crippen LogP contribution in [0, 0.1) is 40.9 Å². The van der Waals surface area contributed by atoms with Crippen molar-refractivity contribution in [1.29, 1.82) is 5.26 Å². The molecule has 0 atom stereocenters. The van der Waals surface area contributed by atoms with Crippen molar-refractivity contribution in [1.82, 2.24) is 0 Å². The molecule has 1 aromatic carbocycles. The van der Waals surface area contributed by atoms with E-state index in [2.05, 4.69) is 54.9 Å². The quantitative estimate of drug-likeness (QED) is 0.691. The van der Waals surface area contributed by atoms with Crippen LogP contribution in [-0.2, 0) is 0 Å². The van der Waals surface area contributed by atoms with Gasteiger partial charge >= 0.3 is 0 Å². The average molecular weight is 247 g/mol. The fourth-order valence-electron chi connectivity index (χ4n) is 2.59. The van der Waals surface area contributed by atoms with Gasteiger partial charge in [-0.1, -0.05) is 37.8 Å². The maximum atomic E-state index is 8.27. The van der Waals surface area contributed by atoms with Crippen LogP contribution in [0.25, 0.3) is 0 Å². The van der Waals surface area contributed by atoms with Crippen molar-refractivity contribution in [2.45, 2.75) is 38.5 Å². The van der Waals surface area contributed by atoms with Gasteiger partial charge in [-0.3, -0.25) is 0 Å². The highest BCUT2D eigenvalue weighted by Crippen LogP contribution is 2.35. The Morgan fingerprint density at radius 1 is 0.947 bits per heavy atom. The Hall–Kier alpha value is -2.17. The van der Waals surface area contributed by atoms with Crippen LogP contribution in [0.1, 0.15) is 49.7 Å². The minimum atomic E-state index is 0.719. The highest BCUT2D eigenvalue weighted by molar-refractivity contribution is 5.42. The largest absolute Gasteiger partial charge is 0.183 e. The summed E-state index contributed by atoms with van der Waals surface area (Å²) in [5.41, 5.74) is 2.39. The van der Waals surface area contributed by atoms with Crippen LogP contribution in [0.2, 0.25) is 0 Å². The summed E-state index contributed by atoms with van der Waals surface area (Å²) in [7, 11) is 0. The summed E-state index contributed by atoms with van der Waals surface area (Å²) in [4.78, 5) is 0. The first kappa shape index (κ1) is 13.3. The van der Waals surface area contributed by atoms with Gasteiger partial charge in [-0.05, 0) is 48.3 Å². The van der Waals surface area contributed by atoms with Gasteiger partial charge in [-0.2, -0.15) is 5.26 Å². The number of hydrogen-bond acceptors (Lipinski definition) is 1. The van der Waals surface area contributed by atoms with Gasteiger partial charge in [-0.15, -0.1) is 0 Å². The zero-order valence-electron chi connectivity index (χ0n) is 11.2. The normalized spacial score (nSPS) is 21.3. The summed E-state index contributed by atoms with van der Waals surface area (Å²) in [6.07, 6.45) is 5.30. The third kappa shape index (κ3) is 3.91. The fraction of sp³-hybridized carbons (Fsp3) is 0.389. The van der Waals surface area contributed by atoms with Crippen molar-refractivity contribution in [3.63, 3.8) is 0 Å². The number of benzene rings is 1. The van der Waals surface area contributed by atoms with Crippen LogP contribution in [-0.4, -0.2) is 0 Å². The first-order chi connectivity index (χ1) is 9.29. The van der Waals surface area contributed by atoms with Crippen LogP contribution in [0.4, 0.5) is 0 Å². The van der Waals surface area contributed by atoms with Gasteiger partial charge in [0.1, 0.15) is 0 Å². The minimum Gasteiger partial charge on any atom is -0.183 e. The molecule has 0 N–H and O–H groups in total. The molecule has 1 aliphatic carbocycles. The Kier molecular flexibility index (Phi) is 4.66. The molecule has 0 saturated heterocycles. The highest BCUT2D eigenvalue weighted by Gasteiger charge is 2.19. The molecular formula is C18H17N. The van der Waals surface area contributed by atoms with E-state index in [1.165, 1.54) is 31.2 Å². The Morgan fingerprint density at radius 2 is 1.63 bits per heavy atom. The molecule has 0 heterocycles. The Labute approximate surface area is 115 Å². The lowest BCUT2D eigenvalue weighted by molar-refractivity contribution is 0.348. The van der Waals surface area contributed by atoms with Crippen LogP contribution in [0.15, 0.2) is 24.3 Å². The molecule has 1 nitrogen and oxygen atoms in total. The SMILES string of the molecule is CC1CCC(c2ccc(C#CC#CC#N)cc2)CC1. The third-order valence-corrected chi connectivity index (χ3v) is 3.79. The van der Waals surface area contributed by atoms with Crippen LogP contribution in [0.5, 0.6) is 0 Å². The number of nitrogens with zero attached hydrogens (tertiary/aromatic N) is 1. The van der Waals surface area contributed by atoms with Gasteiger partial charge in [-0.25, -0.2) is 0 Å². The minimum absolute atomic E-state index is 0.719. The topological polar surface area (TPSA) is 23.8 Å². The fourth-order valence-corrected chi connectivity index (χ4v) is 2.59. The molecular weight excluding hydrogens is 230 g/mol. The summed E-state index contributed by atoms with van der Waals surface area (Å²) >= 11 is 0. The first-order valence-electron chi connectivity index (χ1n) is 6.79. The molecule has 2 rings (SSSR count). The van der Waals surface area contributed by atoms with Crippen molar-refractivity contribution in [3.05, 3.63) is 35.4 Å². The van der Waals surface area contributed by atoms with E-state index < -0.39 is 0 Å². The molecule has 0 spiro atoms. The van der Waals surface area contributed by atoms with Gasteiger partial charge in [0.05, 0.1) is 0 Å². The van der Waals surface area contributed by atoms with E-state index in [0.29, 0.717) is 0 Å². The van der Waals surface area contributed by atoms with E-state index in [4.69, 9.17) is 5.26 Å². The summed E-state index contributed by atoms with van der Waals surface area (Å²) in [5, 5.41) is 8.27. The molecule has 1 saturated carbocycles. The monoisotopic (exact) mass is 247 g/mol. The molecule has 0 radical (unpaired) electrons. The van der Waals surface area contributed by atoms with Crippen LogP contribution in [0.3, 0.4) is 0 Å². The zero-order chi connectivity index (χ0) is 13.5. The van der Waals surface area contributed by atoms with Crippen molar-refractivity contribution in [2.75, 3.05) is 0 Å². The lowest BCUT2D eigenvalue weighted by atomic mass is 9.79. The van der Waals surface area contributed by atoms with Crippen molar-refractivity contribution < 1.29 is 0 Å². The molecule has 1 heteroatoms. The summed E-state index contributed by atoms with van der Waals surface area (Å²) in [6.45, 7) is 2.34. The second kappa shape index (κ2) is 6.68. The second-order valence-electron chi connectivity index (χ2n) is 5.19. The number of rotatable bonds is 1. The molecule has 0 aliphatic heterocycles. The molecule has 1 aliphatic rings. The van der Waals surface area contributed by atoms with Gasteiger partial charge in [0, 0.05) is 17.4 Å². The molecule has 1 aromatic rings. The van der Waals surface area contributed by atoms with Gasteiger partial charge in [0.2, 0.25) is 0 Å². The van der Waals surface area contributed by atoms with E-state index in [9.17, 15) is 0 Å². The van der Waals surface area contributed by atoms with Gasteiger partial charge < -0.3 is 0 Å². The Bertz CT molecular complexity index is 573. The van der Waals surface area contributed by atoms with Gasteiger partial charge in [0.15, 0.2) is 6.07 Å². The van der Waals surface area contributed by atoms with Crippen molar-refractivity contribution in [2.24, 2.45) is 5.92 Å². The molecule has 0 aromatic heterocycles. The third-order valence-electron chi connectivity index (χ3n) is 3.79. The Balaban J connectivity index is 2.02. The summed E-state index contributed by atoms with van der Waals surface area (Å²) in [5.74, 6) is 12.0. The van der Waals surface area contributed by atoms with Gasteiger partial charge in [0.25, 0.3) is 0 Å². The number of nitriles is 1. The number of hydrogen-bond donors (Lipinski definition) is 0. The lowest BCUT2D eigenvalue weighted by Gasteiger charge is -2.26. The maximum Gasteiger partial charge on any atom is 0.153 e. The van der Waals surface area contributed by atoms with Crippen LogP contribution >= 0.6 is 0 Å². The molecule has 94 valence electrons. The predicted molar refractivity (Wildman–Crippen MR) is 77.1 cm³/mol. The molecule has 1 fully saturated rings. The van der Waals surface area contributed by atoms with E-state index in [0.717, 1.165) is 17.4 Å². The average Bonchev–Trinajstić information content (AvgIpc) is 2.45.